The Morgan fingerprint density at radius 3 is 2.48 bits per heavy atom. The van der Waals surface area contributed by atoms with Gasteiger partial charge in [0.2, 0.25) is 0 Å². The highest BCUT2D eigenvalue weighted by Gasteiger charge is 2.15. The molecular weight excluding hydrogens is 266 g/mol. The van der Waals surface area contributed by atoms with E-state index in [1.54, 1.807) is 19.9 Å². The summed E-state index contributed by atoms with van der Waals surface area (Å²) in [6.07, 6.45) is -0.0802. The summed E-state index contributed by atoms with van der Waals surface area (Å²) in [5.41, 5.74) is 1.75. The van der Waals surface area contributed by atoms with Crippen LogP contribution in [0.3, 0.4) is 0 Å². The van der Waals surface area contributed by atoms with E-state index in [0.29, 0.717) is 18.2 Å². The van der Waals surface area contributed by atoms with Gasteiger partial charge in [-0.05, 0) is 56.4 Å². The number of rotatable bonds is 7. The number of aryl methyl sites for hydroxylation is 1. The Morgan fingerprint density at radius 1 is 1.29 bits per heavy atom. The number of benzene rings is 1. The number of carbonyl (C=O) groups excluding carboxylic acids is 1. The number of aliphatic hydroxyl groups excluding tert-OH is 1. The van der Waals surface area contributed by atoms with Gasteiger partial charge in [-0.15, -0.1) is 0 Å². The Kier molecular flexibility index (Phi) is 6.69. The predicted octanol–water partition coefficient (Wildman–Crippen LogP) is 2.98. The average molecular weight is 293 g/mol. The fourth-order valence-electron chi connectivity index (χ4n) is 1.94. The zero-order valence-electron chi connectivity index (χ0n) is 13.6. The molecule has 21 heavy (non-hydrogen) atoms. The highest BCUT2D eigenvalue weighted by molar-refractivity contribution is 5.80. The van der Waals surface area contributed by atoms with Crippen molar-refractivity contribution in [2.75, 3.05) is 6.54 Å². The maximum Gasteiger partial charge on any atom is 0.260 e. The lowest BCUT2D eigenvalue weighted by Crippen LogP contribution is -2.37. The molecular formula is C17H27NO3. The molecule has 0 fully saturated rings. The third-order valence-electron chi connectivity index (χ3n) is 3.38. The molecule has 0 aliphatic heterocycles. The average Bonchev–Trinajstić information content (AvgIpc) is 2.40. The normalized spacial score (nSPS) is 13.9. The summed E-state index contributed by atoms with van der Waals surface area (Å²) in [7, 11) is 0. The molecule has 2 N–H and O–H groups in total. The maximum absolute atomic E-state index is 11.9. The molecule has 118 valence electrons. The van der Waals surface area contributed by atoms with Crippen molar-refractivity contribution in [3.8, 4) is 5.75 Å². The molecule has 1 aromatic carbocycles. The highest BCUT2D eigenvalue weighted by atomic mass is 16.5. The molecule has 0 spiro atoms. The zero-order valence-corrected chi connectivity index (χ0v) is 13.6. The van der Waals surface area contributed by atoms with Crippen LogP contribution in [0, 0.1) is 12.8 Å². The van der Waals surface area contributed by atoms with E-state index in [9.17, 15) is 9.90 Å². The minimum Gasteiger partial charge on any atom is -0.481 e. The monoisotopic (exact) mass is 293 g/mol. The largest absolute Gasteiger partial charge is 0.481 e. The molecule has 0 aliphatic rings. The predicted molar refractivity (Wildman–Crippen MR) is 84.4 cm³/mol. The van der Waals surface area contributed by atoms with Gasteiger partial charge in [0, 0.05) is 6.54 Å². The van der Waals surface area contributed by atoms with E-state index in [1.165, 1.54) is 0 Å². The highest BCUT2D eigenvalue weighted by Crippen LogP contribution is 2.23. The first kappa shape index (κ1) is 17.5. The second-order valence-corrected chi connectivity index (χ2v) is 5.93. The van der Waals surface area contributed by atoms with Crippen molar-refractivity contribution in [3.63, 3.8) is 0 Å². The molecule has 1 unspecified atom stereocenters. The smallest absolute Gasteiger partial charge is 0.260 e. The molecule has 1 rings (SSSR count). The van der Waals surface area contributed by atoms with Crippen LogP contribution in [0.15, 0.2) is 18.2 Å². The van der Waals surface area contributed by atoms with Gasteiger partial charge in [0.1, 0.15) is 5.75 Å². The van der Waals surface area contributed by atoms with Crippen LogP contribution in [0.4, 0.5) is 0 Å². The SMILES string of the molecule is Cc1cc([C@H](C)O)ccc1OC(C)C(=O)NCCC(C)C. The summed E-state index contributed by atoms with van der Waals surface area (Å²) in [6, 6.07) is 5.50. The summed E-state index contributed by atoms with van der Waals surface area (Å²) < 4.78 is 5.71. The van der Waals surface area contributed by atoms with Gasteiger partial charge in [0.25, 0.3) is 5.91 Å². The number of ether oxygens (including phenoxy) is 1. The van der Waals surface area contributed by atoms with Gasteiger partial charge in [-0.2, -0.15) is 0 Å². The second kappa shape index (κ2) is 8.03. The summed E-state index contributed by atoms with van der Waals surface area (Å²) >= 11 is 0. The van der Waals surface area contributed by atoms with Gasteiger partial charge >= 0.3 is 0 Å². The van der Waals surface area contributed by atoms with Gasteiger partial charge in [-0.1, -0.05) is 19.9 Å². The van der Waals surface area contributed by atoms with Crippen LogP contribution in [0.5, 0.6) is 5.75 Å². The molecule has 4 heteroatoms. The van der Waals surface area contributed by atoms with E-state index < -0.39 is 12.2 Å². The van der Waals surface area contributed by atoms with E-state index in [-0.39, 0.29) is 5.91 Å². The molecule has 0 radical (unpaired) electrons. The Hall–Kier alpha value is -1.55. The zero-order chi connectivity index (χ0) is 16.0. The minimum absolute atomic E-state index is 0.102. The van der Waals surface area contributed by atoms with Crippen molar-refractivity contribution in [3.05, 3.63) is 29.3 Å². The first-order valence-corrected chi connectivity index (χ1v) is 7.54. The first-order chi connectivity index (χ1) is 9.81. The fraction of sp³-hybridized carbons (Fsp3) is 0.588. The number of nitrogens with one attached hydrogen (secondary N) is 1. The van der Waals surface area contributed by atoms with Crippen LogP contribution in [0.25, 0.3) is 0 Å². The van der Waals surface area contributed by atoms with Gasteiger partial charge in [-0.25, -0.2) is 0 Å². The van der Waals surface area contributed by atoms with E-state index in [4.69, 9.17) is 4.74 Å². The van der Waals surface area contributed by atoms with Gasteiger partial charge in [0.05, 0.1) is 6.10 Å². The van der Waals surface area contributed by atoms with Crippen molar-refractivity contribution in [1.82, 2.24) is 5.32 Å². The molecule has 0 aromatic heterocycles. The Labute approximate surface area is 127 Å². The molecule has 0 saturated carbocycles. The molecule has 1 amide bonds. The van der Waals surface area contributed by atoms with Crippen molar-refractivity contribution < 1.29 is 14.6 Å². The third kappa shape index (κ3) is 5.76. The molecule has 1 aromatic rings. The van der Waals surface area contributed by atoms with Crippen molar-refractivity contribution in [1.29, 1.82) is 0 Å². The lowest BCUT2D eigenvalue weighted by atomic mass is 10.1. The van der Waals surface area contributed by atoms with Crippen molar-refractivity contribution >= 4 is 5.91 Å². The molecule has 4 nitrogen and oxygen atoms in total. The number of aliphatic hydroxyl groups is 1. The van der Waals surface area contributed by atoms with E-state index in [2.05, 4.69) is 19.2 Å². The van der Waals surface area contributed by atoms with Crippen LogP contribution in [0.2, 0.25) is 0 Å². The van der Waals surface area contributed by atoms with Crippen molar-refractivity contribution in [2.24, 2.45) is 5.92 Å². The van der Waals surface area contributed by atoms with Crippen molar-refractivity contribution in [2.45, 2.75) is 53.2 Å². The topological polar surface area (TPSA) is 58.6 Å². The Bertz CT molecular complexity index is 469. The van der Waals surface area contributed by atoms with E-state index in [0.717, 1.165) is 17.5 Å². The lowest BCUT2D eigenvalue weighted by molar-refractivity contribution is -0.127. The van der Waals surface area contributed by atoms with Gasteiger partial charge in [-0.3, -0.25) is 4.79 Å². The van der Waals surface area contributed by atoms with Crippen LogP contribution >= 0.6 is 0 Å². The lowest BCUT2D eigenvalue weighted by Gasteiger charge is -2.17. The Balaban J connectivity index is 2.58. The fourth-order valence-corrected chi connectivity index (χ4v) is 1.94. The number of hydrogen-bond acceptors (Lipinski definition) is 3. The number of carbonyl (C=O) groups is 1. The van der Waals surface area contributed by atoms with Gasteiger partial charge < -0.3 is 15.2 Å². The van der Waals surface area contributed by atoms with Crippen LogP contribution < -0.4 is 10.1 Å². The van der Waals surface area contributed by atoms with Crippen LogP contribution in [0.1, 0.15) is 51.3 Å². The molecule has 0 heterocycles. The van der Waals surface area contributed by atoms with Crippen LogP contribution in [-0.2, 0) is 4.79 Å². The number of amides is 1. The second-order valence-electron chi connectivity index (χ2n) is 5.93. The summed E-state index contributed by atoms with van der Waals surface area (Å²) in [6.45, 7) is 10.3. The molecule has 0 saturated heterocycles. The summed E-state index contributed by atoms with van der Waals surface area (Å²) in [5, 5.41) is 12.4. The van der Waals surface area contributed by atoms with Gasteiger partial charge in [0.15, 0.2) is 6.10 Å². The molecule has 0 aliphatic carbocycles. The quantitative estimate of drug-likeness (QED) is 0.812. The van der Waals surface area contributed by atoms with E-state index >= 15 is 0 Å². The standard InChI is InChI=1S/C17H27NO3/c1-11(2)8-9-18-17(20)14(5)21-16-7-6-15(13(4)19)10-12(16)3/h6-7,10-11,13-14,19H,8-9H2,1-5H3,(H,18,20)/t13-,14?/m0/s1. The maximum atomic E-state index is 11.9. The van der Waals surface area contributed by atoms with E-state index in [1.807, 2.05) is 19.1 Å². The third-order valence-corrected chi connectivity index (χ3v) is 3.38. The minimum atomic E-state index is -0.534. The number of hydrogen-bond donors (Lipinski definition) is 2. The Morgan fingerprint density at radius 2 is 1.95 bits per heavy atom. The first-order valence-electron chi connectivity index (χ1n) is 7.54. The molecule has 2 atom stereocenters. The van der Waals surface area contributed by atoms with Crippen LogP contribution in [-0.4, -0.2) is 23.7 Å². The molecule has 0 bridgehead atoms. The summed E-state index contributed by atoms with van der Waals surface area (Å²) in [4.78, 5) is 11.9. The summed E-state index contributed by atoms with van der Waals surface area (Å²) in [5.74, 6) is 1.14.